The number of fused-ring (bicyclic) bond motifs is 1. The zero-order chi connectivity index (χ0) is 14.5. The number of ether oxygens (including phenoxy) is 1. The molecule has 1 aromatic rings. The summed E-state index contributed by atoms with van der Waals surface area (Å²) >= 11 is 0. The number of benzene rings is 1. The number of amides is 1. The van der Waals surface area contributed by atoms with E-state index in [1.165, 1.54) is 36.9 Å². The number of nitrogens with one attached hydrogen (secondary N) is 2. The van der Waals surface area contributed by atoms with Crippen LogP contribution in [0.2, 0.25) is 0 Å². The Morgan fingerprint density at radius 2 is 2.10 bits per heavy atom. The Labute approximate surface area is 126 Å². The number of anilines is 1. The minimum atomic E-state index is 0.119. The molecule has 1 fully saturated rings. The van der Waals surface area contributed by atoms with Gasteiger partial charge in [0.1, 0.15) is 0 Å². The Balaban J connectivity index is 1.37. The second-order valence-electron chi connectivity index (χ2n) is 6.00. The third-order valence-corrected chi connectivity index (χ3v) is 4.45. The van der Waals surface area contributed by atoms with Gasteiger partial charge in [0.2, 0.25) is 5.91 Å². The number of hydrogen-bond acceptors (Lipinski definition) is 3. The predicted molar refractivity (Wildman–Crippen MR) is 83.5 cm³/mol. The lowest BCUT2D eigenvalue weighted by molar-refractivity contribution is -0.121. The van der Waals surface area contributed by atoms with Crippen LogP contribution in [0, 0.1) is 0 Å². The molecule has 0 spiro atoms. The maximum Gasteiger partial charge on any atom is 0.220 e. The molecule has 1 saturated carbocycles. The van der Waals surface area contributed by atoms with Crippen molar-refractivity contribution in [3.8, 4) is 0 Å². The van der Waals surface area contributed by atoms with Crippen LogP contribution in [-0.2, 0) is 9.53 Å². The van der Waals surface area contributed by atoms with Gasteiger partial charge < -0.3 is 15.4 Å². The number of para-hydroxylation sites is 1. The van der Waals surface area contributed by atoms with Gasteiger partial charge >= 0.3 is 0 Å². The fraction of sp³-hybridized carbons (Fsp3) is 0.588. The van der Waals surface area contributed by atoms with Crippen molar-refractivity contribution in [2.75, 3.05) is 25.0 Å². The Kier molecular flexibility index (Phi) is 4.76. The summed E-state index contributed by atoms with van der Waals surface area (Å²) in [4.78, 5) is 12.0. The highest BCUT2D eigenvalue weighted by molar-refractivity contribution is 5.78. The SMILES string of the molecule is O=C(CC1CNc2ccccc21)NCCOC1CCCC1. The fourth-order valence-electron chi connectivity index (χ4n) is 3.31. The third kappa shape index (κ3) is 3.76. The van der Waals surface area contributed by atoms with E-state index in [1.54, 1.807) is 0 Å². The van der Waals surface area contributed by atoms with Gasteiger partial charge in [0.05, 0.1) is 12.7 Å². The summed E-state index contributed by atoms with van der Waals surface area (Å²) in [6, 6.07) is 8.24. The van der Waals surface area contributed by atoms with Gasteiger partial charge in [-0.25, -0.2) is 0 Å². The first-order valence-corrected chi connectivity index (χ1v) is 8.04. The molecule has 1 aliphatic heterocycles. The molecule has 2 N–H and O–H groups in total. The largest absolute Gasteiger partial charge is 0.384 e. The molecule has 4 heteroatoms. The molecule has 0 aromatic heterocycles. The van der Waals surface area contributed by atoms with Crippen molar-refractivity contribution in [1.29, 1.82) is 0 Å². The van der Waals surface area contributed by atoms with E-state index >= 15 is 0 Å². The highest BCUT2D eigenvalue weighted by Gasteiger charge is 2.23. The second kappa shape index (κ2) is 6.94. The predicted octanol–water partition coefficient (Wildman–Crippen LogP) is 2.66. The average Bonchev–Trinajstić information content (AvgIpc) is 3.14. The normalized spacial score (nSPS) is 21.0. The van der Waals surface area contributed by atoms with Gasteiger partial charge in [0.15, 0.2) is 0 Å². The van der Waals surface area contributed by atoms with E-state index in [9.17, 15) is 4.79 Å². The molecule has 1 unspecified atom stereocenters. The first-order valence-electron chi connectivity index (χ1n) is 8.04. The summed E-state index contributed by atoms with van der Waals surface area (Å²) in [5.41, 5.74) is 2.43. The zero-order valence-electron chi connectivity index (χ0n) is 12.4. The van der Waals surface area contributed by atoms with Crippen molar-refractivity contribution in [2.24, 2.45) is 0 Å². The lowest BCUT2D eigenvalue weighted by Crippen LogP contribution is -2.29. The second-order valence-corrected chi connectivity index (χ2v) is 6.00. The van der Waals surface area contributed by atoms with Crippen molar-refractivity contribution in [3.05, 3.63) is 29.8 Å². The molecule has 1 atom stereocenters. The average molecular weight is 288 g/mol. The van der Waals surface area contributed by atoms with Crippen molar-refractivity contribution in [3.63, 3.8) is 0 Å². The number of carbonyl (C=O) groups excluding carboxylic acids is 1. The van der Waals surface area contributed by atoms with Gasteiger partial charge in [-0.15, -0.1) is 0 Å². The molecule has 1 amide bonds. The van der Waals surface area contributed by atoms with Gasteiger partial charge in [0.25, 0.3) is 0 Å². The van der Waals surface area contributed by atoms with Crippen LogP contribution in [-0.4, -0.2) is 31.7 Å². The fourth-order valence-corrected chi connectivity index (χ4v) is 3.31. The van der Waals surface area contributed by atoms with E-state index in [4.69, 9.17) is 4.74 Å². The van der Waals surface area contributed by atoms with E-state index in [-0.39, 0.29) is 11.8 Å². The Hall–Kier alpha value is -1.55. The number of carbonyl (C=O) groups is 1. The molecular formula is C17H24N2O2. The van der Waals surface area contributed by atoms with Crippen LogP contribution in [0.15, 0.2) is 24.3 Å². The van der Waals surface area contributed by atoms with Gasteiger partial charge in [-0.2, -0.15) is 0 Å². The lowest BCUT2D eigenvalue weighted by Gasteiger charge is -2.13. The molecule has 0 radical (unpaired) electrons. The van der Waals surface area contributed by atoms with E-state index in [0.29, 0.717) is 25.7 Å². The van der Waals surface area contributed by atoms with Crippen molar-refractivity contribution in [2.45, 2.75) is 44.1 Å². The minimum Gasteiger partial charge on any atom is -0.384 e. The molecular weight excluding hydrogens is 264 g/mol. The van der Waals surface area contributed by atoms with Crippen LogP contribution in [0.25, 0.3) is 0 Å². The van der Waals surface area contributed by atoms with Crippen LogP contribution in [0.3, 0.4) is 0 Å². The van der Waals surface area contributed by atoms with E-state index in [1.807, 2.05) is 12.1 Å². The highest BCUT2D eigenvalue weighted by atomic mass is 16.5. The molecule has 21 heavy (non-hydrogen) atoms. The van der Waals surface area contributed by atoms with E-state index < -0.39 is 0 Å². The molecule has 1 aliphatic carbocycles. The number of hydrogen-bond donors (Lipinski definition) is 2. The van der Waals surface area contributed by atoms with Crippen molar-refractivity contribution < 1.29 is 9.53 Å². The molecule has 0 bridgehead atoms. The minimum absolute atomic E-state index is 0.119. The summed E-state index contributed by atoms with van der Waals surface area (Å²) in [6.07, 6.45) is 5.90. The maximum absolute atomic E-state index is 12.0. The molecule has 114 valence electrons. The van der Waals surface area contributed by atoms with E-state index in [2.05, 4.69) is 22.8 Å². The first-order chi connectivity index (χ1) is 10.3. The van der Waals surface area contributed by atoms with Gasteiger partial charge in [-0.3, -0.25) is 4.79 Å². The van der Waals surface area contributed by atoms with Crippen LogP contribution >= 0.6 is 0 Å². The Bertz CT molecular complexity index is 483. The van der Waals surface area contributed by atoms with Crippen molar-refractivity contribution in [1.82, 2.24) is 5.32 Å². The van der Waals surface area contributed by atoms with Crippen LogP contribution in [0.1, 0.15) is 43.6 Å². The third-order valence-electron chi connectivity index (χ3n) is 4.45. The smallest absolute Gasteiger partial charge is 0.220 e. The lowest BCUT2D eigenvalue weighted by atomic mass is 9.98. The first kappa shape index (κ1) is 14.4. The summed E-state index contributed by atoms with van der Waals surface area (Å²) in [7, 11) is 0. The molecule has 2 aliphatic rings. The topological polar surface area (TPSA) is 50.4 Å². The summed E-state index contributed by atoms with van der Waals surface area (Å²) in [6.45, 7) is 2.11. The van der Waals surface area contributed by atoms with E-state index in [0.717, 1.165) is 6.54 Å². The number of rotatable bonds is 6. The Morgan fingerprint density at radius 3 is 2.95 bits per heavy atom. The Morgan fingerprint density at radius 1 is 1.29 bits per heavy atom. The summed E-state index contributed by atoms with van der Waals surface area (Å²) in [5, 5.41) is 6.33. The monoisotopic (exact) mass is 288 g/mol. The van der Waals surface area contributed by atoms with Crippen LogP contribution in [0.5, 0.6) is 0 Å². The maximum atomic E-state index is 12.0. The van der Waals surface area contributed by atoms with Crippen molar-refractivity contribution >= 4 is 11.6 Å². The molecule has 4 nitrogen and oxygen atoms in total. The van der Waals surface area contributed by atoms with Gasteiger partial charge in [-0.1, -0.05) is 31.0 Å². The highest BCUT2D eigenvalue weighted by Crippen LogP contribution is 2.32. The zero-order valence-corrected chi connectivity index (χ0v) is 12.4. The quantitative estimate of drug-likeness (QED) is 0.791. The standard InChI is InChI=1S/C17H24N2O2/c20-17(18-9-10-21-14-5-1-2-6-14)11-13-12-19-16-8-4-3-7-15(13)16/h3-4,7-8,13-14,19H,1-2,5-6,9-12H2,(H,18,20). The summed E-state index contributed by atoms with van der Waals surface area (Å²) in [5.74, 6) is 0.408. The summed E-state index contributed by atoms with van der Waals surface area (Å²) < 4.78 is 5.75. The molecule has 1 heterocycles. The van der Waals surface area contributed by atoms with Gasteiger partial charge in [0, 0.05) is 31.1 Å². The molecule has 1 aromatic carbocycles. The molecule has 0 saturated heterocycles. The van der Waals surface area contributed by atoms with Crippen LogP contribution < -0.4 is 10.6 Å². The molecule has 3 rings (SSSR count). The van der Waals surface area contributed by atoms with Gasteiger partial charge in [-0.05, 0) is 24.5 Å². The van der Waals surface area contributed by atoms with Crippen LogP contribution in [0.4, 0.5) is 5.69 Å².